The average Bonchev–Trinajstić information content (AvgIpc) is 3.42. The van der Waals surface area contributed by atoms with Crippen LogP contribution in [0.4, 0.5) is 0 Å². The number of fused-ring (bicyclic) bond motifs is 3. The fourth-order valence-electron chi connectivity index (χ4n) is 5.15. The minimum atomic E-state index is -2.04. The summed E-state index contributed by atoms with van der Waals surface area (Å²) >= 11 is 0. The van der Waals surface area contributed by atoms with Crippen LogP contribution in [0.3, 0.4) is 0 Å². The molecule has 1 atom stereocenters. The zero-order valence-corrected chi connectivity index (χ0v) is 23.2. The molecule has 0 saturated heterocycles. The Morgan fingerprint density at radius 2 is 1.86 bits per heavy atom. The van der Waals surface area contributed by atoms with Crippen molar-refractivity contribution in [2.24, 2.45) is 0 Å². The van der Waals surface area contributed by atoms with E-state index in [1.807, 2.05) is 47.5 Å². The highest BCUT2D eigenvalue weighted by Crippen LogP contribution is 2.35. The van der Waals surface area contributed by atoms with Crippen molar-refractivity contribution in [1.82, 2.24) is 19.9 Å². The predicted molar refractivity (Wildman–Crippen MR) is 157 cm³/mol. The lowest BCUT2D eigenvalue weighted by Crippen LogP contribution is -2.51. The molecule has 9 heteroatoms. The molecule has 2 aliphatic rings. The van der Waals surface area contributed by atoms with E-state index in [0.717, 1.165) is 22.2 Å². The van der Waals surface area contributed by atoms with E-state index < -0.39 is 23.1 Å². The number of nitrogens with one attached hydrogen (secondary N) is 1. The Kier molecular flexibility index (Phi) is 7.10. The number of methoxy groups -OCH3 is 1. The smallest absolute Gasteiger partial charge is 0.360 e. The van der Waals surface area contributed by atoms with Crippen molar-refractivity contribution < 1.29 is 23.9 Å². The fraction of sp³-hybridized carbons (Fsp3) is 0.182. The second-order valence-electron chi connectivity index (χ2n) is 10.2. The van der Waals surface area contributed by atoms with Gasteiger partial charge in [-0.3, -0.25) is 14.6 Å². The first-order chi connectivity index (χ1) is 20.4. The standard InChI is InChI=1S/C33H28N4O5/c1-33(42-32(40)29-19-35-27-11-5-6-12-28(27)36-29)30(38)17-22-16-23(8-7-15-41-2)37(20-25(22)31(33)39)14-13-21-18-34-26-10-4-3-9-24(21)26/h3-12,16-20,34H,13-15H2,1-2H3. The number of esters is 1. The lowest BCUT2D eigenvalue weighted by Gasteiger charge is -2.34. The third-order valence-corrected chi connectivity index (χ3v) is 7.47. The molecule has 0 spiro atoms. The molecule has 0 fully saturated rings. The summed E-state index contributed by atoms with van der Waals surface area (Å²) in [7, 11) is 1.61. The molecule has 0 amide bonds. The van der Waals surface area contributed by atoms with Crippen LogP contribution in [0.25, 0.3) is 21.9 Å². The van der Waals surface area contributed by atoms with Gasteiger partial charge >= 0.3 is 5.97 Å². The number of aromatic amines is 1. The van der Waals surface area contributed by atoms with Crippen LogP contribution in [-0.2, 0) is 25.5 Å². The van der Waals surface area contributed by atoms with Gasteiger partial charge in [-0.1, -0.05) is 36.4 Å². The number of rotatable bonds is 8. The maximum absolute atomic E-state index is 13.8. The van der Waals surface area contributed by atoms with Crippen LogP contribution in [0, 0.1) is 0 Å². The number of allylic oxidation sites excluding steroid dienone is 3. The molecule has 1 aliphatic heterocycles. The molecular weight excluding hydrogens is 532 g/mol. The quantitative estimate of drug-likeness (QED) is 0.245. The van der Waals surface area contributed by atoms with Crippen molar-refractivity contribution >= 4 is 39.5 Å². The summed E-state index contributed by atoms with van der Waals surface area (Å²) in [5.41, 5.74) is 2.73. The van der Waals surface area contributed by atoms with Crippen LogP contribution in [0.15, 0.2) is 108 Å². The Labute approximate surface area is 241 Å². The minimum Gasteiger partial charge on any atom is -0.438 e. The Morgan fingerprint density at radius 3 is 2.69 bits per heavy atom. The first-order valence-corrected chi connectivity index (χ1v) is 13.5. The number of aromatic nitrogens is 3. The van der Waals surface area contributed by atoms with E-state index in [-0.39, 0.29) is 11.3 Å². The molecule has 0 saturated carbocycles. The van der Waals surface area contributed by atoms with Gasteiger partial charge in [0.2, 0.25) is 17.2 Å². The fourth-order valence-corrected chi connectivity index (χ4v) is 5.15. The number of ether oxygens (including phenoxy) is 2. The molecule has 9 nitrogen and oxygen atoms in total. The summed E-state index contributed by atoms with van der Waals surface area (Å²) < 4.78 is 10.8. The second kappa shape index (κ2) is 11.0. The number of benzene rings is 2. The van der Waals surface area contributed by atoms with Crippen LogP contribution in [0.5, 0.6) is 0 Å². The second-order valence-corrected chi connectivity index (χ2v) is 10.2. The molecule has 2 aromatic carbocycles. The van der Waals surface area contributed by atoms with E-state index in [1.165, 1.54) is 19.2 Å². The molecule has 1 unspecified atom stereocenters. The summed E-state index contributed by atoms with van der Waals surface area (Å²) in [6.45, 7) is 2.30. The highest BCUT2D eigenvalue weighted by atomic mass is 16.6. The number of carbonyl (C=O) groups is 3. The van der Waals surface area contributed by atoms with Crippen molar-refractivity contribution in [1.29, 1.82) is 0 Å². The number of ketones is 2. The number of H-pyrrole nitrogens is 1. The van der Waals surface area contributed by atoms with Gasteiger partial charge in [-0.2, -0.15) is 0 Å². The number of carbonyl (C=O) groups excluding carboxylic acids is 3. The van der Waals surface area contributed by atoms with Gasteiger partial charge in [-0.15, -0.1) is 0 Å². The molecule has 210 valence electrons. The van der Waals surface area contributed by atoms with Crippen LogP contribution in [-0.4, -0.2) is 63.3 Å². The normalized spacial score (nSPS) is 18.7. The van der Waals surface area contributed by atoms with E-state index in [2.05, 4.69) is 21.0 Å². The van der Waals surface area contributed by atoms with Gasteiger partial charge in [-0.25, -0.2) is 9.78 Å². The maximum Gasteiger partial charge on any atom is 0.360 e. The highest BCUT2D eigenvalue weighted by Gasteiger charge is 2.49. The molecule has 0 radical (unpaired) electrons. The Bertz CT molecular complexity index is 1860. The predicted octanol–water partition coefficient (Wildman–Crippen LogP) is 4.63. The summed E-state index contributed by atoms with van der Waals surface area (Å²) in [5.74, 6) is -2.12. The lowest BCUT2D eigenvalue weighted by atomic mass is 9.79. The first-order valence-electron chi connectivity index (χ1n) is 13.5. The number of para-hydroxylation sites is 3. The van der Waals surface area contributed by atoms with Gasteiger partial charge in [0.05, 0.1) is 23.8 Å². The topological polar surface area (TPSA) is 114 Å². The summed E-state index contributed by atoms with van der Waals surface area (Å²) in [5, 5.41) is 1.14. The van der Waals surface area contributed by atoms with Crippen LogP contribution >= 0.6 is 0 Å². The zero-order chi connectivity index (χ0) is 29.3. The summed E-state index contributed by atoms with van der Waals surface area (Å²) in [4.78, 5) is 54.1. The van der Waals surface area contributed by atoms with E-state index >= 15 is 0 Å². The number of Topliss-reactive ketones (excluding diaryl/α,β-unsaturated/α-hetero) is 1. The average molecular weight is 561 g/mol. The summed E-state index contributed by atoms with van der Waals surface area (Å²) in [6.07, 6.45) is 12.6. The molecule has 0 bridgehead atoms. The van der Waals surface area contributed by atoms with Crippen LogP contribution in [0.2, 0.25) is 0 Å². The van der Waals surface area contributed by atoms with Gasteiger partial charge in [0.1, 0.15) is 0 Å². The third kappa shape index (κ3) is 4.95. The lowest BCUT2D eigenvalue weighted by molar-refractivity contribution is -0.145. The Morgan fingerprint density at radius 1 is 1.07 bits per heavy atom. The molecule has 3 heterocycles. The minimum absolute atomic E-state index is 0.0891. The molecular formula is C33H28N4O5. The van der Waals surface area contributed by atoms with Crippen molar-refractivity contribution in [2.45, 2.75) is 18.9 Å². The maximum atomic E-state index is 13.8. The molecule has 1 aliphatic carbocycles. The molecule has 1 N–H and O–H groups in total. The third-order valence-electron chi connectivity index (χ3n) is 7.47. The van der Waals surface area contributed by atoms with Gasteiger partial charge in [-0.05, 0) is 60.9 Å². The highest BCUT2D eigenvalue weighted by molar-refractivity contribution is 6.26. The summed E-state index contributed by atoms with van der Waals surface area (Å²) in [6, 6.07) is 15.2. The van der Waals surface area contributed by atoms with E-state index in [0.29, 0.717) is 36.2 Å². The molecule has 6 rings (SSSR count). The first kappa shape index (κ1) is 27.0. The Balaban J connectivity index is 1.29. The van der Waals surface area contributed by atoms with Gasteiger partial charge in [0, 0.05) is 48.2 Å². The number of nitrogens with zero attached hydrogens (tertiary/aromatic N) is 3. The van der Waals surface area contributed by atoms with Gasteiger partial charge in [0.25, 0.3) is 0 Å². The number of hydrogen-bond donors (Lipinski definition) is 1. The van der Waals surface area contributed by atoms with Crippen molar-refractivity contribution in [3.05, 3.63) is 120 Å². The molecule has 2 aromatic heterocycles. The van der Waals surface area contributed by atoms with Gasteiger partial charge < -0.3 is 19.4 Å². The number of hydrogen-bond acceptors (Lipinski definition) is 8. The van der Waals surface area contributed by atoms with E-state index in [9.17, 15) is 14.4 Å². The largest absolute Gasteiger partial charge is 0.438 e. The molecule has 4 aromatic rings. The van der Waals surface area contributed by atoms with Crippen LogP contribution < -0.4 is 0 Å². The SMILES string of the molecule is COCC=CC1=CC2=CC(=O)C(C)(OC(=O)c3cnc4ccccc4n3)C(=O)C2=CN1CCc1c[nH]c2ccccc12. The Hall–Kier alpha value is -5.15. The van der Waals surface area contributed by atoms with E-state index in [4.69, 9.17) is 9.47 Å². The monoisotopic (exact) mass is 560 g/mol. The van der Waals surface area contributed by atoms with Crippen molar-refractivity contribution in [3.8, 4) is 0 Å². The van der Waals surface area contributed by atoms with Crippen LogP contribution in [0.1, 0.15) is 23.0 Å². The van der Waals surface area contributed by atoms with Crippen molar-refractivity contribution in [3.63, 3.8) is 0 Å². The van der Waals surface area contributed by atoms with Gasteiger partial charge in [0.15, 0.2) is 5.69 Å². The molecule has 42 heavy (non-hydrogen) atoms. The van der Waals surface area contributed by atoms with Crippen molar-refractivity contribution in [2.75, 3.05) is 20.3 Å². The zero-order valence-electron chi connectivity index (χ0n) is 23.2. The van der Waals surface area contributed by atoms with E-state index in [1.54, 1.807) is 37.6 Å².